The second-order valence-electron chi connectivity index (χ2n) is 7.15. The molecule has 3 unspecified atom stereocenters. The zero-order valence-electron chi connectivity index (χ0n) is 13.5. The number of H-pyrrole nitrogens is 1. The molecule has 22 heavy (non-hydrogen) atoms. The van der Waals surface area contributed by atoms with Crippen LogP contribution in [0.3, 0.4) is 0 Å². The van der Waals surface area contributed by atoms with Crippen LogP contribution in [0.4, 0.5) is 0 Å². The van der Waals surface area contributed by atoms with Gasteiger partial charge in [-0.1, -0.05) is 6.42 Å². The van der Waals surface area contributed by atoms with Crippen LogP contribution in [0, 0.1) is 22.5 Å². The molecule has 6 heteroatoms. The van der Waals surface area contributed by atoms with E-state index in [4.69, 9.17) is 12.2 Å². The second-order valence-corrected chi connectivity index (χ2v) is 7.53. The first-order valence-electron chi connectivity index (χ1n) is 8.47. The summed E-state index contributed by atoms with van der Waals surface area (Å²) in [7, 11) is 0. The number of nitrogens with one attached hydrogen (secondary N) is 2. The monoisotopic (exact) mass is 322 g/mol. The maximum absolute atomic E-state index is 12.1. The molecule has 1 amide bonds. The van der Waals surface area contributed by atoms with Gasteiger partial charge in [-0.25, -0.2) is 0 Å². The number of hydrogen-bond acceptors (Lipinski definition) is 3. The molecule has 0 aromatic carbocycles. The van der Waals surface area contributed by atoms with Gasteiger partial charge in [0.2, 0.25) is 5.91 Å². The molecule has 2 saturated carbocycles. The van der Waals surface area contributed by atoms with Crippen LogP contribution in [0.2, 0.25) is 0 Å². The van der Waals surface area contributed by atoms with Crippen molar-refractivity contribution in [3.05, 3.63) is 10.6 Å². The van der Waals surface area contributed by atoms with Gasteiger partial charge < -0.3 is 9.88 Å². The van der Waals surface area contributed by atoms with Crippen LogP contribution in [0.25, 0.3) is 0 Å². The molecule has 3 atom stereocenters. The third-order valence-electron chi connectivity index (χ3n) is 5.30. The quantitative estimate of drug-likeness (QED) is 0.791. The van der Waals surface area contributed by atoms with Crippen LogP contribution >= 0.6 is 12.2 Å². The van der Waals surface area contributed by atoms with E-state index in [1.807, 2.05) is 4.57 Å². The standard InChI is InChI=1S/C16H26N4OS/c1-10(2)20-14(18-19-16(20)22)5-6-17-15(21)9-13-8-11-3-4-12(13)7-11/h10-13H,3-9H2,1-2H3,(H,17,21)(H,19,22). The number of carbonyl (C=O) groups is 1. The lowest BCUT2D eigenvalue weighted by Crippen LogP contribution is -2.29. The van der Waals surface area contributed by atoms with Crippen LogP contribution in [0.1, 0.15) is 57.8 Å². The highest BCUT2D eigenvalue weighted by atomic mass is 32.1. The van der Waals surface area contributed by atoms with Crippen LogP contribution in [-0.2, 0) is 11.2 Å². The summed E-state index contributed by atoms with van der Waals surface area (Å²) in [6, 6.07) is 0.283. The molecule has 1 aromatic heterocycles. The van der Waals surface area contributed by atoms with Crippen LogP contribution in [0.15, 0.2) is 0 Å². The van der Waals surface area contributed by atoms with Crippen molar-refractivity contribution in [2.75, 3.05) is 6.54 Å². The van der Waals surface area contributed by atoms with E-state index in [0.717, 1.165) is 17.7 Å². The van der Waals surface area contributed by atoms with Gasteiger partial charge in [0, 0.05) is 25.4 Å². The topological polar surface area (TPSA) is 62.7 Å². The molecule has 1 aromatic rings. The summed E-state index contributed by atoms with van der Waals surface area (Å²) in [5.41, 5.74) is 0. The van der Waals surface area contributed by atoms with Gasteiger partial charge in [0.25, 0.3) is 0 Å². The molecule has 5 nitrogen and oxygen atoms in total. The van der Waals surface area contributed by atoms with Gasteiger partial charge in [-0.15, -0.1) is 0 Å². The number of rotatable bonds is 6. The summed E-state index contributed by atoms with van der Waals surface area (Å²) in [5.74, 6) is 3.46. The van der Waals surface area contributed by atoms with Crippen molar-refractivity contribution in [1.29, 1.82) is 0 Å². The summed E-state index contributed by atoms with van der Waals surface area (Å²) >= 11 is 5.23. The zero-order chi connectivity index (χ0) is 15.7. The Morgan fingerprint density at radius 2 is 2.27 bits per heavy atom. The molecule has 122 valence electrons. The fourth-order valence-corrected chi connectivity index (χ4v) is 4.66. The summed E-state index contributed by atoms with van der Waals surface area (Å²) in [4.78, 5) is 12.1. The Hall–Kier alpha value is -1.17. The third kappa shape index (κ3) is 3.26. The van der Waals surface area contributed by atoms with E-state index in [-0.39, 0.29) is 11.9 Å². The fraction of sp³-hybridized carbons (Fsp3) is 0.812. The average molecular weight is 322 g/mol. The van der Waals surface area contributed by atoms with E-state index < -0.39 is 0 Å². The summed E-state index contributed by atoms with van der Waals surface area (Å²) < 4.78 is 2.66. The molecule has 0 aliphatic heterocycles. The van der Waals surface area contributed by atoms with E-state index in [9.17, 15) is 4.79 Å². The highest BCUT2D eigenvalue weighted by Gasteiger charge is 2.39. The largest absolute Gasteiger partial charge is 0.356 e. The Balaban J connectivity index is 1.45. The molecule has 0 saturated heterocycles. The van der Waals surface area contributed by atoms with Crippen molar-refractivity contribution < 1.29 is 4.79 Å². The van der Waals surface area contributed by atoms with Gasteiger partial charge in [0.05, 0.1) is 0 Å². The van der Waals surface area contributed by atoms with Crippen molar-refractivity contribution >= 4 is 18.1 Å². The highest BCUT2D eigenvalue weighted by molar-refractivity contribution is 7.71. The van der Waals surface area contributed by atoms with Gasteiger partial charge in [-0.2, -0.15) is 5.10 Å². The minimum absolute atomic E-state index is 0.197. The first-order chi connectivity index (χ1) is 10.5. The van der Waals surface area contributed by atoms with Gasteiger partial charge >= 0.3 is 0 Å². The van der Waals surface area contributed by atoms with E-state index in [1.54, 1.807) is 0 Å². The van der Waals surface area contributed by atoms with Crippen molar-refractivity contribution in [1.82, 2.24) is 20.1 Å². The molecule has 1 heterocycles. The van der Waals surface area contributed by atoms with Crippen molar-refractivity contribution in [3.63, 3.8) is 0 Å². The number of fused-ring (bicyclic) bond motifs is 2. The maximum Gasteiger partial charge on any atom is 0.220 e. The van der Waals surface area contributed by atoms with Gasteiger partial charge in [0.1, 0.15) is 5.82 Å². The van der Waals surface area contributed by atoms with E-state index in [2.05, 4.69) is 29.4 Å². The number of carbonyl (C=O) groups excluding carboxylic acids is 1. The molecule has 2 N–H and O–H groups in total. The van der Waals surface area contributed by atoms with E-state index >= 15 is 0 Å². The summed E-state index contributed by atoms with van der Waals surface area (Å²) in [6.07, 6.45) is 6.78. The van der Waals surface area contributed by atoms with Gasteiger partial charge in [0.15, 0.2) is 4.77 Å². The predicted molar refractivity (Wildman–Crippen MR) is 88.1 cm³/mol. The number of hydrogen-bond donors (Lipinski definition) is 2. The van der Waals surface area contributed by atoms with Gasteiger partial charge in [-0.3, -0.25) is 9.89 Å². The smallest absolute Gasteiger partial charge is 0.220 e. The first-order valence-corrected chi connectivity index (χ1v) is 8.88. The van der Waals surface area contributed by atoms with E-state index in [1.165, 1.54) is 25.7 Å². The molecule has 2 aliphatic carbocycles. The Morgan fingerprint density at radius 1 is 1.45 bits per heavy atom. The number of nitrogens with zero attached hydrogens (tertiary/aromatic N) is 2. The summed E-state index contributed by atoms with van der Waals surface area (Å²) in [6.45, 7) is 4.80. The molecule has 2 fully saturated rings. The maximum atomic E-state index is 12.1. The van der Waals surface area contributed by atoms with Crippen LogP contribution < -0.4 is 5.32 Å². The minimum Gasteiger partial charge on any atom is -0.356 e. The lowest BCUT2D eigenvalue weighted by Gasteiger charge is -2.20. The van der Waals surface area contributed by atoms with Crippen molar-refractivity contribution in [2.45, 2.75) is 58.4 Å². The molecule has 2 bridgehead atoms. The molecule has 2 aliphatic rings. The third-order valence-corrected chi connectivity index (χ3v) is 5.58. The Morgan fingerprint density at radius 3 is 2.91 bits per heavy atom. The van der Waals surface area contributed by atoms with Crippen LogP contribution in [0.5, 0.6) is 0 Å². The zero-order valence-corrected chi connectivity index (χ0v) is 14.3. The molecular formula is C16H26N4OS. The normalized spacial score (nSPS) is 26.8. The van der Waals surface area contributed by atoms with E-state index in [0.29, 0.717) is 30.1 Å². The number of amides is 1. The molecule has 0 spiro atoms. The molecular weight excluding hydrogens is 296 g/mol. The van der Waals surface area contributed by atoms with Gasteiger partial charge in [-0.05, 0) is 63.1 Å². The first kappa shape index (κ1) is 15.7. The second kappa shape index (κ2) is 6.52. The summed E-state index contributed by atoms with van der Waals surface area (Å²) in [5, 5.41) is 10.2. The predicted octanol–water partition coefficient (Wildman–Crippen LogP) is 3.01. The Labute approximate surface area is 136 Å². The highest BCUT2D eigenvalue weighted by Crippen LogP contribution is 2.49. The molecule has 3 rings (SSSR count). The number of aromatic nitrogens is 3. The SMILES string of the molecule is CC(C)n1c(CCNC(=O)CC2CC3CCC2C3)n[nH]c1=S. The van der Waals surface area contributed by atoms with Crippen LogP contribution in [-0.4, -0.2) is 27.2 Å². The van der Waals surface area contributed by atoms with Crippen molar-refractivity contribution in [2.24, 2.45) is 17.8 Å². The lowest BCUT2D eigenvalue weighted by molar-refractivity contribution is -0.122. The minimum atomic E-state index is 0.197. The lowest BCUT2D eigenvalue weighted by atomic mass is 9.86. The Bertz CT molecular complexity index is 591. The fourth-order valence-electron chi connectivity index (χ4n) is 4.30. The van der Waals surface area contributed by atoms with Crippen molar-refractivity contribution in [3.8, 4) is 0 Å². The molecule has 0 radical (unpaired) electrons. The Kier molecular flexibility index (Phi) is 4.66. The average Bonchev–Trinajstić information content (AvgIpc) is 3.14. The number of aromatic amines is 1.